The monoisotopic (exact) mass is 524 g/mol. The third-order valence-electron chi connectivity index (χ3n) is 6.13. The second kappa shape index (κ2) is 10.6. The van der Waals surface area contributed by atoms with Crippen molar-refractivity contribution in [3.8, 4) is 11.5 Å². The molecule has 0 aliphatic carbocycles. The van der Waals surface area contributed by atoms with Gasteiger partial charge >= 0.3 is 6.09 Å². The van der Waals surface area contributed by atoms with E-state index in [2.05, 4.69) is 10.3 Å². The smallest absolute Gasteiger partial charge is 0.410 e. The molecule has 0 atom stereocenters. The normalized spacial score (nSPS) is 15.1. The summed E-state index contributed by atoms with van der Waals surface area (Å²) in [4.78, 5) is 30.8. The maximum atomic E-state index is 12.4. The number of aliphatic hydroxyl groups is 1. The van der Waals surface area contributed by atoms with E-state index in [1.54, 1.807) is 55.1 Å². The number of nitrogens with two attached hydrogens (primary N) is 1. The fourth-order valence-electron chi connectivity index (χ4n) is 4.25. The molecule has 4 N–H and O–H groups in total. The van der Waals surface area contributed by atoms with Crippen LogP contribution in [-0.4, -0.2) is 58.4 Å². The van der Waals surface area contributed by atoms with Gasteiger partial charge in [0.15, 0.2) is 5.58 Å². The van der Waals surface area contributed by atoms with Crippen LogP contribution < -0.4 is 11.1 Å². The zero-order valence-corrected chi connectivity index (χ0v) is 22.5. The molecule has 10 nitrogen and oxygen atoms in total. The molecule has 3 aromatic rings. The zero-order valence-electron chi connectivity index (χ0n) is 22.5. The highest BCUT2D eigenvalue weighted by molar-refractivity contribution is 5.92. The summed E-state index contributed by atoms with van der Waals surface area (Å²) in [5.41, 5.74) is 7.72. The number of aromatic nitrogens is 1. The Morgan fingerprint density at radius 3 is 2.39 bits per heavy atom. The van der Waals surface area contributed by atoms with E-state index in [0.29, 0.717) is 65.4 Å². The number of ether oxygens (including phenoxy) is 2. The van der Waals surface area contributed by atoms with Gasteiger partial charge in [-0.25, -0.2) is 9.78 Å². The molecule has 1 aliphatic heterocycles. The number of rotatable bonds is 6. The molecule has 0 spiro atoms. The number of nitrogens with zero attached hydrogens (tertiary/aromatic N) is 2. The Morgan fingerprint density at radius 1 is 1.13 bits per heavy atom. The van der Waals surface area contributed by atoms with Gasteiger partial charge < -0.3 is 34.9 Å². The van der Waals surface area contributed by atoms with Gasteiger partial charge in [-0.15, -0.1) is 0 Å². The molecule has 0 radical (unpaired) electrons. The third-order valence-corrected chi connectivity index (χ3v) is 6.13. The molecule has 38 heavy (non-hydrogen) atoms. The second-order valence-corrected chi connectivity index (χ2v) is 11.1. The molecule has 0 bridgehead atoms. The Balaban J connectivity index is 1.30. The predicted molar refractivity (Wildman–Crippen MR) is 145 cm³/mol. The van der Waals surface area contributed by atoms with E-state index in [1.807, 2.05) is 20.8 Å². The summed E-state index contributed by atoms with van der Waals surface area (Å²) in [6.45, 7) is 9.83. The van der Waals surface area contributed by atoms with Crippen molar-refractivity contribution in [1.82, 2.24) is 9.88 Å². The molecular weight excluding hydrogens is 488 g/mol. The number of piperidine rings is 1. The van der Waals surface area contributed by atoms with Crippen LogP contribution in [0.5, 0.6) is 0 Å². The van der Waals surface area contributed by atoms with E-state index in [0.717, 1.165) is 0 Å². The quantitative estimate of drug-likeness (QED) is 0.396. The van der Waals surface area contributed by atoms with Crippen LogP contribution in [0.4, 0.5) is 16.2 Å². The molecule has 2 heterocycles. The summed E-state index contributed by atoms with van der Waals surface area (Å²) >= 11 is 0. The molecule has 2 amide bonds. The van der Waals surface area contributed by atoms with Crippen molar-refractivity contribution in [3.63, 3.8) is 0 Å². The second-order valence-electron chi connectivity index (χ2n) is 11.1. The van der Waals surface area contributed by atoms with Crippen molar-refractivity contribution < 1.29 is 28.6 Å². The Morgan fingerprint density at radius 2 is 1.79 bits per heavy atom. The van der Waals surface area contributed by atoms with Gasteiger partial charge in [0.2, 0.25) is 11.8 Å². The summed E-state index contributed by atoms with van der Waals surface area (Å²) in [6.07, 6.45) is 0.875. The van der Waals surface area contributed by atoms with E-state index in [-0.39, 0.29) is 24.7 Å². The summed E-state index contributed by atoms with van der Waals surface area (Å²) < 4.78 is 17.2. The van der Waals surface area contributed by atoms with Crippen LogP contribution in [0.25, 0.3) is 22.6 Å². The van der Waals surface area contributed by atoms with Crippen molar-refractivity contribution >= 4 is 34.5 Å². The first-order chi connectivity index (χ1) is 17.8. The van der Waals surface area contributed by atoms with Crippen molar-refractivity contribution in [1.29, 1.82) is 0 Å². The lowest BCUT2D eigenvalue weighted by atomic mass is 9.97. The number of hydrogen-bond donors (Lipinski definition) is 3. The van der Waals surface area contributed by atoms with Crippen LogP contribution in [-0.2, 0) is 19.9 Å². The lowest BCUT2D eigenvalue weighted by molar-refractivity contribution is -0.123. The third kappa shape index (κ3) is 6.81. The van der Waals surface area contributed by atoms with Gasteiger partial charge in [-0.3, -0.25) is 4.79 Å². The molecular formula is C28H36N4O6. The van der Waals surface area contributed by atoms with Gasteiger partial charge in [0, 0.05) is 35.6 Å². The number of nitrogens with one attached hydrogen (secondary N) is 1. The van der Waals surface area contributed by atoms with Gasteiger partial charge in [-0.2, -0.15) is 0 Å². The van der Waals surface area contributed by atoms with Crippen LogP contribution in [0.15, 0.2) is 40.8 Å². The van der Waals surface area contributed by atoms with Gasteiger partial charge in [0.1, 0.15) is 17.7 Å². The number of hydrogen-bond acceptors (Lipinski definition) is 8. The van der Waals surface area contributed by atoms with Crippen molar-refractivity contribution in [3.05, 3.63) is 42.0 Å². The first-order valence-electron chi connectivity index (χ1n) is 12.7. The number of anilines is 2. The average Bonchev–Trinajstić information content (AvgIpc) is 3.25. The van der Waals surface area contributed by atoms with Gasteiger partial charge in [-0.1, -0.05) is 0 Å². The number of oxazole rings is 1. The van der Waals surface area contributed by atoms with E-state index in [4.69, 9.17) is 19.6 Å². The van der Waals surface area contributed by atoms with Crippen LogP contribution >= 0.6 is 0 Å². The van der Waals surface area contributed by atoms with Crippen molar-refractivity contribution in [2.75, 3.05) is 30.7 Å². The molecule has 1 saturated heterocycles. The fraction of sp³-hybridized carbons (Fsp3) is 0.464. The van der Waals surface area contributed by atoms with Crippen LogP contribution in [0, 0.1) is 0 Å². The van der Waals surface area contributed by atoms with E-state index < -0.39 is 11.2 Å². The molecule has 2 aromatic carbocycles. The number of amides is 2. The largest absolute Gasteiger partial charge is 0.444 e. The average molecular weight is 525 g/mol. The highest BCUT2D eigenvalue weighted by Crippen LogP contribution is 2.34. The van der Waals surface area contributed by atoms with Gasteiger partial charge in [0.05, 0.1) is 11.7 Å². The molecule has 204 valence electrons. The first kappa shape index (κ1) is 27.4. The minimum Gasteiger partial charge on any atom is -0.444 e. The summed E-state index contributed by atoms with van der Waals surface area (Å²) in [5.74, 6) is 0.120. The lowest BCUT2D eigenvalue weighted by Crippen LogP contribution is -2.43. The van der Waals surface area contributed by atoms with E-state index in [9.17, 15) is 14.7 Å². The highest BCUT2D eigenvalue weighted by atomic mass is 16.6. The Kier molecular flexibility index (Phi) is 7.66. The predicted octanol–water partition coefficient (Wildman–Crippen LogP) is 4.66. The molecule has 10 heteroatoms. The maximum Gasteiger partial charge on any atom is 0.410 e. The van der Waals surface area contributed by atoms with Crippen LogP contribution in [0.2, 0.25) is 0 Å². The molecule has 1 fully saturated rings. The Labute approximate surface area is 222 Å². The summed E-state index contributed by atoms with van der Waals surface area (Å²) in [7, 11) is 0. The minimum atomic E-state index is -1.14. The number of nitrogen functional groups attached to an aromatic ring is 1. The number of likely N-dealkylation sites (tertiary alicyclic amines) is 1. The number of carbonyl (C=O) groups is 2. The van der Waals surface area contributed by atoms with Gasteiger partial charge in [-0.05, 0) is 83.9 Å². The van der Waals surface area contributed by atoms with E-state index in [1.165, 1.54) is 0 Å². The van der Waals surface area contributed by atoms with E-state index >= 15 is 0 Å². The maximum absolute atomic E-state index is 12.4. The summed E-state index contributed by atoms with van der Waals surface area (Å²) in [6, 6.07) is 10.5. The molecule has 4 rings (SSSR count). The standard InChI is InChI=1S/C28H36N4O6/c1-27(2,3)38-26(34)32-12-10-20(11-13-32)36-16-23(33)30-19-8-6-17(7-9-19)25-31-22-15-18(29)14-21(24(22)37-25)28(4,5)35/h6-9,14-15,20,35H,10-13,16,29H2,1-5H3,(H,30,33). The topological polar surface area (TPSA) is 140 Å². The Bertz CT molecular complexity index is 1300. The van der Waals surface area contributed by atoms with Crippen LogP contribution in [0.3, 0.4) is 0 Å². The minimum absolute atomic E-state index is 0.0782. The molecule has 1 aliphatic rings. The Hall–Kier alpha value is -3.63. The van der Waals surface area contributed by atoms with Crippen molar-refractivity contribution in [2.24, 2.45) is 0 Å². The zero-order chi connectivity index (χ0) is 27.7. The number of fused-ring (bicyclic) bond motifs is 1. The lowest BCUT2D eigenvalue weighted by Gasteiger charge is -2.33. The summed E-state index contributed by atoms with van der Waals surface area (Å²) in [5, 5.41) is 13.3. The molecule has 0 unspecified atom stereocenters. The van der Waals surface area contributed by atoms with Crippen molar-refractivity contribution in [2.45, 2.75) is 64.8 Å². The number of carbonyl (C=O) groups excluding carboxylic acids is 2. The molecule has 0 saturated carbocycles. The van der Waals surface area contributed by atoms with Crippen LogP contribution in [0.1, 0.15) is 53.0 Å². The number of benzene rings is 2. The van der Waals surface area contributed by atoms with Gasteiger partial charge in [0.25, 0.3) is 0 Å². The highest BCUT2D eigenvalue weighted by Gasteiger charge is 2.28. The fourth-order valence-corrected chi connectivity index (χ4v) is 4.25. The molecule has 1 aromatic heterocycles. The first-order valence-corrected chi connectivity index (χ1v) is 12.7. The SMILES string of the molecule is CC(C)(C)OC(=O)N1CCC(OCC(=O)Nc2ccc(-c3nc4cc(N)cc(C(C)(C)O)c4o3)cc2)CC1.